The van der Waals surface area contributed by atoms with E-state index in [1.54, 1.807) is 0 Å². The van der Waals surface area contributed by atoms with E-state index in [2.05, 4.69) is 30.4 Å². The molecule has 2 aromatic rings. The molecule has 2 nitrogen and oxygen atoms in total. The smallest absolute Gasteiger partial charge is 0.170 e. The normalized spacial score (nSPS) is 23.3. The third-order valence-electron chi connectivity index (χ3n) is 4.32. The predicted octanol–water partition coefficient (Wildman–Crippen LogP) is 3.52. The Kier molecular flexibility index (Phi) is 2.10. The molecule has 1 N–H and O–H groups in total. The van der Waals surface area contributed by atoms with Crippen LogP contribution >= 0.6 is 0 Å². The van der Waals surface area contributed by atoms with Gasteiger partial charge in [0.1, 0.15) is 0 Å². The Morgan fingerprint density at radius 3 is 2.89 bits per heavy atom. The molecular formula is C17H15NO. The second-order valence-electron chi connectivity index (χ2n) is 5.54. The number of para-hydroxylation sites is 1. The number of hydrogen-bond acceptors (Lipinski definition) is 2. The maximum atomic E-state index is 12.6. The van der Waals surface area contributed by atoms with Crippen molar-refractivity contribution in [3.63, 3.8) is 0 Å². The van der Waals surface area contributed by atoms with Crippen LogP contribution in [-0.2, 0) is 6.42 Å². The first-order valence-electron chi connectivity index (χ1n) is 6.73. The average molecular weight is 249 g/mol. The molecule has 0 aromatic heterocycles. The summed E-state index contributed by atoms with van der Waals surface area (Å²) in [5.41, 5.74) is 5.69. The van der Waals surface area contributed by atoms with Gasteiger partial charge in [0.15, 0.2) is 5.78 Å². The first-order valence-corrected chi connectivity index (χ1v) is 6.73. The van der Waals surface area contributed by atoms with Crippen molar-refractivity contribution in [2.24, 2.45) is 5.92 Å². The van der Waals surface area contributed by atoms with Crippen LogP contribution in [0.3, 0.4) is 0 Å². The standard InChI is InChI=1S/C17H15NO/c1-10-6-7-11-9-14-16(13(11)8-10)18-15-5-3-2-4-12(15)17(14)19/h2-8,14,16,18H,9H2,1H3. The summed E-state index contributed by atoms with van der Waals surface area (Å²) in [4.78, 5) is 12.6. The zero-order valence-electron chi connectivity index (χ0n) is 10.8. The molecule has 0 saturated carbocycles. The van der Waals surface area contributed by atoms with Crippen LogP contribution in [-0.4, -0.2) is 5.78 Å². The highest BCUT2D eigenvalue weighted by molar-refractivity contribution is 6.05. The minimum absolute atomic E-state index is 0.0618. The van der Waals surface area contributed by atoms with Gasteiger partial charge in [-0.05, 0) is 36.6 Å². The molecule has 2 aliphatic rings. The molecule has 0 bridgehead atoms. The van der Waals surface area contributed by atoms with Gasteiger partial charge in [-0.2, -0.15) is 0 Å². The predicted molar refractivity (Wildman–Crippen MR) is 75.5 cm³/mol. The molecule has 94 valence electrons. The molecule has 0 fully saturated rings. The van der Waals surface area contributed by atoms with Gasteiger partial charge in [0.2, 0.25) is 0 Å². The molecule has 19 heavy (non-hydrogen) atoms. The van der Waals surface area contributed by atoms with Crippen molar-refractivity contribution in [3.05, 3.63) is 64.7 Å². The van der Waals surface area contributed by atoms with Gasteiger partial charge in [-0.15, -0.1) is 0 Å². The molecule has 1 heterocycles. The third-order valence-corrected chi connectivity index (χ3v) is 4.32. The Morgan fingerprint density at radius 1 is 1.16 bits per heavy atom. The Bertz CT molecular complexity index is 689. The first-order chi connectivity index (χ1) is 9.24. The van der Waals surface area contributed by atoms with Crippen LogP contribution in [0.2, 0.25) is 0 Å². The van der Waals surface area contributed by atoms with E-state index in [1.807, 2.05) is 24.3 Å². The van der Waals surface area contributed by atoms with Crippen LogP contribution in [0.5, 0.6) is 0 Å². The fraction of sp³-hybridized carbons (Fsp3) is 0.235. The number of ketones is 1. The highest BCUT2D eigenvalue weighted by atomic mass is 16.1. The minimum Gasteiger partial charge on any atom is -0.377 e. The van der Waals surface area contributed by atoms with Gasteiger partial charge in [-0.3, -0.25) is 4.79 Å². The molecule has 2 heteroatoms. The van der Waals surface area contributed by atoms with Gasteiger partial charge >= 0.3 is 0 Å². The summed E-state index contributed by atoms with van der Waals surface area (Å²) >= 11 is 0. The monoisotopic (exact) mass is 249 g/mol. The number of carbonyl (C=O) groups excluding carboxylic acids is 1. The van der Waals surface area contributed by atoms with E-state index in [9.17, 15) is 4.79 Å². The number of carbonyl (C=O) groups is 1. The molecule has 2 atom stereocenters. The fourth-order valence-electron chi connectivity index (χ4n) is 3.37. The zero-order chi connectivity index (χ0) is 13.0. The maximum absolute atomic E-state index is 12.6. The van der Waals surface area contributed by atoms with E-state index in [4.69, 9.17) is 0 Å². The molecule has 2 unspecified atom stereocenters. The Labute approximate surface area is 112 Å². The average Bonchev–Trinajstić information content (AvgIpc) is 2.78. The minimum atomic E-state index is 0.0618. The number of rotatable bonds is 0. The van der Waals surface area contributed by atoms with Gasteiger partial charge in [0.05, 0.1) is 12.0 Å². The number of hydrogen-bond donors (Lipinski definition) is 1. The lowest BCUT2D eigenvalue weighted by atomic mass is 9.86. The molecule has 0 saturated heterocycles. The van der Waals surface area contributed by atoms with E-state index in [0.29, 0.717) is 0 Å². The van der Waals surface area contributed by atoms with E-state index in [0.717, 1.165) is 17.7 Å². The van der Waals surface area contributed by atoms with Gasteiger partial charge in [0.25, 0.3) is 0 Å². The second kappa shape index (κ2) is 3.70. The van der Waals surface area contributed by atoms with E-state index in [-0.39, 0.29) is 17.7 Å². The van der Waals surface area contributed by atoms with Crippen LogP contribution in [0.25, 0.3) is 0 Å². The summed E-state index contributed by atoms with van der Waals surface area (Å²) in [7, 11) is 0. The van der Waals surface area contributed by atoms with Gasteiger partial charge in [-0.25, -0.2) is 0 Å². The lowest BCUT2D eigenvalue weighted by molar-refractivity contribution is 0.0906. The van der Waals surface area contributed by atoms with E-state index < -0.39 is 0 Å². The molecule has 0 amide bonds. The summed E-state index contributed by atoms with van der Waals surface area (Å²) < 4.78 is 0. The molecule has 0 spiro atoms. The number of nitrogens with one attached hydrogen (secondary N) is 1. The Morgan fingerprint density at radius 2 is 2.00 bits per heavy atom. The van der Waals surface area contributed by atoms with Crippen molar-refractivity contribution >= 4 is 11.5 Å². The summed E-state index contributed by atoms with van der Waals surface area (Å²) in [6.07, 6.45) is 0.862. The summed E-state index contributed by atoms with van der Waals surface area (Å²) in [6.45, 7) is 2.10. The highest BCUT2D eigenvalue weighted by Crippen LogP contribution is 2.44. The van der Waals surface area contributed by atoms with Gasteiger partial charge < -0.3 is 5.32 Å². The van der Waals surface area contributed by atoms with Crippen molar-refractivity contribution in [2.45, 2.75) is 19.4 Å². The lowest BCUT2D eigenvalue weighted by Gasteiger charge is -2.29. The van der Waals surface area contributed by atoms with Crippen LogP contribution in [0, 0.1) is 12.8 Å². The zero-order valence-corrected chi connectivity index (χ0v) is 10.8. The molecule has 1 aliphatic heterocycles. The van der Waals surface area contributed by atoms with Crippen molar-refractivity contribution < 1.29 is 4.79 Å². The summed E-state index contributed by atoms with van der Waals surface area (Å²) in [5.74, 6) is 0.347. The van der Waals surface area contributed by atoms with Gasteiger partial charge in [0, 0.05) is 11.3 Å². The Balaban J connectivity index is 1.85. The number of Topliss-reactive ketones (excluding diaryl/α,β-unsaturated/α-hetero) is 1. The SMILES string of the molecule is Cc1ccc2c(c1)C1Nc3ccccc3C(=O)C1C2. The van der Waals surface area contributed by atoms with Crippen molar-refractivity contribution in [2.75, 3.05) is 5.32 Å². The Hall–Kier alpha value is -2.09. The molecular weight excluding hydrogens is 234 g/mol. The van der Waals surface area contributed by atoms with E-state index in [1.165, 1.54) is 16.7 Å². The molecule has 4 rings (SSSR count). The van der Waals surface area contributed by atoms with Crippen LogP contribution < -0.4 is 5.32 Å². The third kappa shape index (κ3) is 1.46. The molecule has 2 aromatic carbocycles. The van der Waals surface area contributed by atoms with Crippen molar-refractivity contribution in [1.29, 1.82) is 0 Å². The quantitative estimate of drug-likeness (QED) is 0.774. The highest BCUT2D eigenvalue weighted by Gasteiger charge is 2.41. The maximum Gasteiger partial charge on any atom is 0.170 e. The van der Waals surface area contributed by atoms with Crippen molar-refractivity contribution in [1.82, 2.24) is 0 Å². The van der Waals surface area contributed by atoms with E-state index >= 15 is 0 Å². The first kappa shape index (κ1) is 10.8. The molecule has 0 radical (unpaired) electrons. The molecule has 1 aliphatic carbocycles. The number of benzene rings is 2. The number of aryl methyl sites for hydroxylation is 1. The number of anilines is 1. The second-order valence-corrected chi connectivity index (χ2v) is 5.54. The number of fused-ring (bicyclic) bond motifs is 4. The lowest BCUT2D eigenvalue weighted by Crippen LogP contribution is -2.30. The summed E-state index contributed by atoms with van der Waals surface area (Å²) in [5, 5.41) is 3.55. The van der Waals surface area contributed by atoms with Crippen LogP contribution in [0.4, 0.5) is 5.69 Å². The van der Waals surface area contributed by atoms with Gasteiger partial charge in [-0.1, -0.05) is 35.9 Å². The largest absolute Gasteiger partial charge is 0.377 e. The summed E-state index contributed by atoms with van der Waals surface area (Å²) in [6, 6.07) is 14.5. The topological polar surface area (TPSA) is 29.1 Å². The van der Waals surface area contributed by atoms with Crippen molar-refractivity contribution in [3.8, 4) is 0 Å². The fourth-order valence-corrected chi connectivity index (χ4v) is 3.37. The van der Waals surface area contributed by atoms with Crippen LogP contribution in [0.15, 0.2) is 42.5 Å². The van der Waals surface area contributed by atoms with Crippen LogP contribution in [0.1, 0.15) is 33.1 Å².